The van der Waals surface area contributed by atoms with Gasteiger partial charge in [0.15, 0.2) is 0 Å². The molecule has 0 bridgehead atoms. The maximum Gasteiger partial charge on any atom is 0.0623 e. The molecule has 1 aromatic rings. The van der Waals surface area contributed by atoms with Crippen molar-refractivity contribution in [2.24, 2.45) is 5.73 Å². The highest BCUT2D eigenvalue weighted by Crippen LogP contribution is 1.99. The predicted octanol–water partition coefficient (Wildman–Crippen LogP) is 1.18. The van der Waals surface area contributed by atoms with Gasteiger partial charge in [-0.25, -0.2) is 0 Å². The van der Waals surface area contributed by atoms with E-state index in [9.17, 15) is 0 Å². The van der Waals surface area contributed by atoms with E-state index in [1.54, 1.807) is 12.3 Å². The molecular weight excluding hydrogens is 124 g/mol. The average Bonchev–Trinajstić information content (AvgIpc) is 2.05. The molecule has 0 aromatic carbocycles. The van der Waals surface area contributed by atoms with Crippen LogP contribution < -0.4 is 5.73 Å². The number of hydrogen-bond acceptors (Lipinski definition) is 2. The molecule has 0 aliphatic heterocycles. The van der Waals surface area contributed by atoms with E-state index in [0.29, 0.717) is 6.54 Å². The molecule has 1 heterocycles. The monoisotopic (exact) mass is 134 g/mol. The van der Waals surface area contributed by atoms with Gasteiger partial charge in [0.2, 0.25) is 0 Å². The quantitative estimate of drug-likeness (QED) is 0.659. The van der Waals surface area contributed by atoms with Crippen LogP contribution in [0, 0.1) is 0 Å². The number of rotatable bonds is 2. The summed E-state index contributed by atoms with van der Waals surface area (Å²) in [6.45, 7) is 4.14. The fourth-order valence-electron chi connectivity index (χ4n) is 0.677. The topological polar surface area (TPSA) is 38.9 Å². The van der Waals surface area contributed by atoms with Crippen molar-refractivity contribution in [3.63, 3.8) is 0 Å². The summed E-state index contributed by atoms with van der Waals surface area (Å²) in [5.74, 6) is 0. The molecule has 0 spiro atoms. The molecule has 10 heavy (non-hydrogen) atoms. The Bertz CT molecular complexity index is 213. The SMILES string of the molecule is C=Cc1ccc(CN)cn1. The fraction of sp³-hybridized carbons (Fsp3) is 0.125. The van der Waals surface area contributed by atoms with Gasteiger partial charge in [-0.15, -0.1) is 0 Å². The zero-order valence-electron chi connectivity index (χ0n) is 5.75. The molecule has 2 N–H and O–H groups in total. The van der Waals surface area contributed by atoms with Crippen molar-refractivity contribution in [1.82, 2.24) is 4.98 Å². The van der Waals surface area contributed by atoms with Gasteiger partial charge in [0.05, 0.1) is 5.69 Å². The Morgan fingerprint density at radius 3 is 2.80 bits per heavy atom. The zero-order valence-corrected chi connectivity index (χ0v) is 5.75. The number of nitrogens with two attached hydrogens (primary N) is 1. The Kier molecular flexibility index (Phi) is 2.18. The Morgan fingerprint density at radius 2 is 2.40 bits per heavy atom. The highest BCUT2D eigenvalue weighted by molar-refractivity contribution is 5.41. The summed E-state index contributed by atoms with van der Waals surface area (Å²) < 4.78 is 0. The van der Waals surface area contributed by atoms with Crippen LogP contribution in [0.1, 0.15) is 11.3 Å². The fourth-order valence-corrected chi connectivity index (χ4v) is 0.677. The summed E-state index contributed by atoms with van der Waals surface area (Å²) in [6, 6.07) is 3.85. The first-order valence-electron chi connectivity index (χ1n) is 3.14. The number of hydrogen-bond donors (Lipinski definition) is 1. The van der Waals surface area contributed by atoms with Gasteiger partial charge < -0.3 is 5.73 Å². The summed E-state index contributed by atoms with van der Waals surface area (Å²) in [6.07, 6.45) is 3.47. The van der Waals surface area contributed by atoms with E-state index in [-0.39, 0.29) is 0 Å². The van der Waals surface area contributed by atoms with E-state index >= 15 is 0 Å². The molecule has 0 fully saturated rings. The van der Waals surface area contributed by atoms with Crippen LogP contribution in [-0.2, 0) is 6.54 Å². The van der Waals surface area contributed by atoms with Crippen LogP contribution >= 0.6 is 0 Å². The normalized spacial score (nSPS) is 9.30. The van der Waals surface area contributed by atoms with Crippen molar-refractivity contribution < 1.29 is 0 Å². The Balaban J connectivity index is 2.90. The molecule has 0 saturated carbocycles. The highest BCUT2D eigenvalue weighted by Gasteiger charge is 1.87. The third-order valence-electron chi connectivity index (χ3n) is 1.29. The molecular formula is C8H10N2. The number of aromatic nitrogens is 1. The molecule has 0 radical (unpaired) electrons. The summed E-state index contributed by atoms with van der Waals surface area (Å²) in [4.78, 5) is 4.07. The van der Waals surface area contributed by atoms with E-state index in [0.717, 1.165) is 11.3 Å². The van der Waals surface area contributed by atoms with Gasteiger partial charge in [-0.3, -0.25) is 4.98 Å². The van der Waals surface area contributed by atoms with Gasteiger partial charge in [0, 0.05) is 12.7 Å². The standard InChI is InChI=1S/C8H10N2/c1-2-8-4-3-7(5-9)6-10-8/h2-4,6H,1,5,9H2. The third-order valence-corrected chi connectivity index (χ3v) is 1.29. The van der Waals surface area contributed by atoms with Crippen LogP contribution in [0.15, 0.2) is 24.9 Å². The average molecular weight is 134 g/mol. The van der Waals surface area contributed by atoms with Crippen molar-refractivity contribution >= 4 is 6.08 Å². The molecule has 52 valence electrons. The van der Waals surface area contributed by atoms with E-state index in [1.165, 1.54) is 0 Å². The Labute approximate surface area is 60.4 Å². The molecule has 0 unspecified atom stereocenters. The molecule has 0 saturated heterocycles. The second-order valence-electron chi connectivity index (χ2n) is 2.00. The first-order valence-corrected chi connectivity index (χ1v) is 3.14. The minimum absolute atomic E-state index is 0.546. The highest BCUT2D eigenvalue weighted by atomic mass is 14.7. The van der Waals surface area contributed by atoms with Gasteiger partial charge >= 0.3 is 0 Å². The number of pyridine rings is 1. The molecule has 0 aliphatic carbocycles. The lowest BCUT2D eigenvalue weighted by atomic mass is 10.2. The van der Waals surface area contributed by atoms with E-state index in [4.69, 9.17) is 5.73 Å². The van der Waals surface area contributed by atoms with Gasteiger partial charge in [0.25, 0.3) is 0 Å². The molecule has 1 rings (SSSR count). The van der Waals surface area contributed by atoms with Crippen LogP contribution in [0.25, 0.3) is 6.08 Å². The summed E-state index contributed by atoms with van der Waals surface area (Å²) in [5, 5.41) is 0. The van der Waals surface area contributed by atoms with Gasteiger partial charge in [-0.1, -0.05) is 12.6 Å². The molecule has 2 heteroatoms. The molecule has 0 aliphatic rings. The van der Waals surface area contributed by atoms with Crippen molar-refractivity contribution in [3.8, 4) is 0 Å². The smallest absolute Gasteiger partial charge is 0.0623 e. The van der Waals surface area contributed by atoms with Gasteiger partial charge in [-0.2, -0.15) is 0 Å². The van der Waals surface area contributed by atoms with Crippen molar-refractivity contribution in [1.29, 1.82) is 0 Å². The van der Waals surface area contributed by atoms with E-state index in [1.807, 2.05) is 12.1 Å². The van der Waals surface area contributed by atoms with Crippen LogP contribution in [0.3, 0.4) is 0 Å². The molecule has 1 aromatic heterocycles. The second kappa shape index (κ2) is 3.13. The first-order chi connectivity index (χ1) is 4.86. The zero-order chi connectivity index (χ0) is 7.40. The molecule has 0 amide bonds. The summed E-state index contributed by atoms with van der Waals surface area (Å²) in [7, 11) is 0. The van der Waals surface area contributed by atoms with Crippen LogP contribution in [0.5, 0.6) is 0 Å². The molecule has 2 nitrogen and oxygen atoms in total. The van der Waals surface area contributed by atoms with Gasteiger partial charge in [-0.05, 0) is 17.7 Å². The lowest BCUT2D eigenvalue weighted by Gasteiger charge is -1.94. The third kappa shape index (κ3) is 1.42. The maximum absolute atomic E-state index is 5.38. The minimum Gasteiger partial charge on any atom is -0.326 e. The van der Waals surface area contributed by atoms with Crippen LogP contribution in [0.4, 0.5) is 0 Å². The Hall–Kier alpha value is -1.15. The minimum atomic E-state index is 0.546. The van der Waals surface area contributed by atoms with E-state index < -0.39 is 0 Å². The van der Waals surface area contributed by atoms with Crippen LogP contribution in [-0.4, -0.2) is 4.98 Å². The van der Waals surface area contributed by atoms with Crippen molar-refractivity contribution in [2.75, 3.05) is 0 Å². The lowest BCUT2D eigenvalue weighted by Crippen LogP contribution is -1.96. The predicted molar refractivity (Wildman–Crippen MR) is 42.2 cm³/mol. The van der Waals surface area contributed by atoms with Crippen molar-refractivity contribution in [3.05, 3.63) is 36.2 Å². The van der Waals surface area contributed by atoms with Crippen molar-refractivity contribution in [2.45, 2.75) is 6.54 Å². The second-order valence-corrected chi connectivity index (χ2v) is 2.00. The van der Waals surface area contributed by atoms with E-state index in [2.05, 4.69) is 11.6 Å². The number of nitrogens with zero attached hydrogens (tertiary/aromatic N) is 1. The van der Waals surface area contributed by atoms with Crippen LogP contribution in [0.2, 0.25) is 0 Å². The van der Waals surface area contributed by atoms with Gasteiger partial charge in [0.1, 0.15) is 0 Å². The Morgan fingerprint density at radius 1 is 1.60 bits per heavy atom. The summed E-state index contributed by atoms with van der Waals surface area (Å²) >= 11 is 0. The summed E-state index contributed by atoms with van der Waals surface area (Å²) in [5.41, 5.74) is 7.31. The maximum atomic E-state index is 5.38. The first kappa shape index (κ1) is 6.96. The largest absolute Gasteiger partial charge is 0.326 e. The lowest BCUT2D eigenvalue weighted by molar-refractivity contribution is 1.04. The molecule has 0 atom stereocenters.